The van der Waals surface area contributed by atoms with Gasteiger partial charge in [0.1, 0.15) is 0 Å². The van der Waals surface area contributed by atoms with Crippen molar-refractivity contribution in [2.45, 2.75) is 13.3 Å². The minimum Gasteiger partial charge on any atom is -0.481 e. The van der Waals surface area contributed by atoms with Crippen LogP contribution in [-0.4, -0.2) is 59.7 Å². The van der Waals surface area contributed by atoms with Crippen molar-refractivity contribution in [2.24, 2.45) is 5.92 Å². The number of nitrogens with zero attached hydrogens (tertiary/aromatic N) is 1. The van der Waals surface area contributed by atoms with E-state index in [-0.39, 0.29) is 17.4 Å². The molecule has 1 N–H and O–H groups in total. The van der Waals surface area contributed by atoms with Crippen molar-refractivity contribution in [1.29, 1.82) is 0 Å². The number of carboxylic acids is 1. The molecule has 1 saturated heterocycles. The largest absolute Gasteiger partial charge is 0.481 e. The number of hydrogen-bond acceptors (Lipinski definition) is 4. The van der Waals surface area contributed by atoms with Crippen LogP contribution in [0.5, 0.6) is 0 Å². The Kier molecular flexibility index (Phi) is 6.36. The predicted octanol–water partition coefficient (Wildman–Crippen LogP) is 0.689. The minimum atomic E-state index is -0.876. The van der Waals surface area contributed by atoms with Gasteiger partial charge in [-0.15, -0.1) is 11.8 Å². The normalized spacial score (nSPS) is 19.6. The maximum absolute atomic E-state index is 11.7. The number of carboxylic acid groups (broad SMARTS) is 1. The number of rotatable bonds is 7. The van der Waals surface area contributed by atoms with Gasteiger partial charge >= 0.3 is 5.97 Å². The van der Waals surface area contributed by atoms with Crippen molar-refractivity contribution >= 4 is 23.6 Å². The lowest BCUT2D eigenvalue weighted by molar-refractivity contribution is -0.133. The first kappa shape index (κ1) is 14.3. The standard InChI is InChI=1S/C11H19NO4S/c1-2-16-6-9-3-4-12(5-9)10(13)7-17-8-11(14)15/h9H,2-8H2,1H3,(H,14,15). The molecule has 0 aromatic heterocycles. The summed E-state index contributed by atoms with van der Waals surface area (Å²) in [6.45, 7) is 4.89. The molecule has 17 heavy (non-hydrogen) atoms. The van der Waals surface area contributed by atoms with E-state index in [9.17, 15) is 9.59 Å². The SMILES string of the molecule is CCOCC1CCN(C(=O)CSCC(=O)O)C1. The predicted molar refractivity (Wildman–Crippen MR) is 66.1 cm³/mol. The van der Waals surface area contributed by atoms with E-state index in [1.54, 1.807) is 4.90 Å². The quantitative estimate of drug-likeness (QED) is 0.730. The van der Waals surface area contributed by atoms with Gasteiger partial charge in [0.05, 0.1) is 18.1 Å². The molecular weight excluding hydrogens is 242 g/mol. The van der Waals surface area contributed by atoms with Crippen molar-refractivity contribution in [2.75, 3.05) is 37.8 Å². The van der Waals surface area contributed by atoms with Crippen molar-refractivity contribution in [3.8, 4) is 0 Å². The molecule has 0 spiro atoms. The molecule has 0 bridgehead atoms. The third-order valence-electron chi connectivity index (χ3n) is 2.65. The van der Waals surface area contributed by atoms with Gasteiger partial charge < -0.3 is 14.7 Å². The van der Waals surface area contributed by atoms with E-state index in [0.717, 1.165) is 31.3 Å². The second-order valence-corrected chi connectivity index (χ2v) is 5.03. The van der Waals surface area contributed by atoms with Crippen LogP contribution in [0.3, 0.4) is 0 Å². The molecule has 1 aliphatic heterocycles. The van der Waals surface area contributed by atoms with Gasteiger partial charge in [-0.25, -0.2) is 0 Å². The van der Waals surface area contributed by atoms with Crippen LogP contribution in [0.15, 0.2) is 0 Å². The van der Waals surface area contributed by atoms with Gasteiger partial charge in [0, 0.05) is 25.6 Å². The van der Waals surface area contributed by atoms with Crippen LogP contribution >= 0.6 is 11.8 Å². The van der Waals surface area contributed by atoms with E-state index in [1.165, 1.54) is 0 Å². The number of hydrogen-bond donors (Lipinski definition) is 1. The Morgan fingerprint density at radius 3 is 2.88 bits per heavy atom. The van der Waals surface area contributed by atoms with Gasteiger partial charge in [0.15, 0.2) is 0 Å². The molecule has 1 heterocycles. The second kappa shape index (κ2) is 7.55. The molecule has 0 radical (unpaired) electrons. The highest BCUT2D eigenvalue weighted by atomic mass is 32.2. The molecule has 1 amide bonds. The fourth-order valence-corrected chi connectivity index (χ4v) is 2.43. The van der Waals surface area contributed by atoms with E-state index in [2.05, 4.69) is 0 Å². The van der Waals surface area contributed by atoms with Crippen molar-refractivity contribution in [3.63, 3.8) is 0 Å². The summed E-state index contributed by atoms with van der Waals surface area (Å²) in [6.07, 6.45) is 0.981. The average molecular weight is 261 g/mol. The van der Waals surface area contributed by atoms with Gasteiger partial charge in [-0.2, -0.15) is 0 Å². The maximum atomic E-state index is 11.7. The monoisotopic (exact) mass is 261 g/mol. The van der Waals surface area contributed by atoms with Crippen molar-refractivity contribution < 1.29 is 19.4 Å². The zero-order valence-corrected chi connectivity index (χ0v) is 10.9. The maximum Gasteiger partial charge on any atom is 0.313 e. The summed E-state index contributed by atoms with van der Waals surface area (Å²) in [5.74, 6) is -0.160. The van der Waals surface area contributed by atoms with Crippen LogP contribution in [-0.2, 0) is 14.3 Å². The average Bonchev–Trinajstić information content (AvgIpc) is 2.74. The summed E-state index contributed by atoms with van der Waals surface area (Å²) >= 11 is 1.15. The van der Waals surface area contributed by atoms with Crippen LogP contribution in [0.2, 0.25) is 0 Å². The van der Waals surface area contributed by atoms with E-state index in [1.807, 2.05) is 6.92 Å². The fraction of sp³-hybridized carbons (Fsp3) is 0.818. The zero-order valence-electron chi connectivity index (χ0n) is 10.1. The summed E-state index contributed by atoms with van der Waals surface area (Å²) in [6, 6.07) is 0. The Bertz CT molecular complexity index is 272. The number of carbonyl (C=O) groups is 2. The molecule has 0 aromatic rings. The first-order chi connectivity index (χ1) is 8.13. The van der Waals surface area contributed by atoms with Crippen LogP contribution in [0.1, 0.15) is 13.3 Å². The Hall–Kier alpha value is -0.750. The van der Waals surface area contributed by atoms with E-state index in [0.29, 0.717) is 19.1 Å². The van der Waals surface area contributed by atoms with Gasteiger partial charge in [0.25, 0.3) is 0 Å². The third kappa shape index (κ3) is 5.41. The second-order valence-electron chi connectivity index (χ2n) is 4.04. The molecular formula is C11H19NO4S. The molecule has 1 fully saturated rings. The molecule has 98 valence electrons. The molecule has 1 unspecified atom stereocenters. The van der Waals surface area contributed by atoms with Gasteiger partial charge in [-0.05, 0) is 13.3 Å². The Balaban J connectivity index is 2.18. The molecule has 5 nitrogen and oxygen atoms in total. The number of amides is 1. The minimum absolute atomic E-state index is 0.0120. The van der Waals surface area contributed by atoms with E-state index >= 15 is 0 Å². The number of thioether (sulfide) groups is 1. The molecule has 0 saturated carbocycles. The van der Waals surface area contributed by atoms with Gasteiger partial charge in [-0.1, -0.05) is 0 Å². The summed E-state index contributed by atoms with van der Waals surface area (Å²) in [5, 5.41) is 8.47. The van der Waals surface area contributed by atoms with E-state index in [4.69, 9.17) is 9.84 Å². The number of aliphatic carboxylic acids is 1. The third-order valence-corrected chi connectivity index (χ3v) is 3.55. The lowest BCUT2D eigenvalue weighted by Gasteiger charge is -2.16. The summed E-state index contributed by atoms with van der Waals surface area (Å²) in [5.41, 5.74) is 0. The highest BCUT2D eigenvalue weighted by Gasteiger charge is 2.25. The van der Waals surface area contributed by atoms with Crippen LogP contribution in [0.25, 0.3) is 0 Å². The molecule has 6 heteroatoms. The fourth-order valence-electron chi connectivity index (χ4n) is 1.80. The van der Waals surface area contributed by atoms with E-state index < -0.39 is 5.97 Å². The topological polar surface area (TPSA) is 66.8 Å². The van der Waals surface area contributed by atoms with Crippen LogP contribution in [0.4, 0.5) is 0 Å². The molecule has 0 aromatic carbocycles. The highest BCUT2D eigenvalue weighted by molar-refractivity contribution is 8.00. The first-order valence-electron chi connectivity index (χ1n) is 5.78. The summed E-state index contributed by atoms with van der Waals surface area (Å²) in [4.78, 5) is 23.8. The Labute approximate surface area is 105 Å². The molecule has 1 rings (SSSR count). The molecule has 1 atom stereocenters. The van der Waals surface area contributed by atoms with Gasteiger partial charge in [-0.3, -0.25) is 9.59 Å². The Morgan fingerprint density at radius 2 is 2.24 bits per heavy atom. The van der Waals surface area contributed by atoms with Crippen LogP contribution < -0.4 is 0 Å². The van der Waals surface area contributed by atoms with Crippen LogP contribution in [0, 0.1) is 5.92 Å². The highest BCUT2D eigenvalue weighted by Crippen LogP contribution is 2.17. The lowest BCUT2D eigenvalue weighted by Crippen LogP contribution is -2.31. The van der Waals surface area contributed by atoms with Crippen molar-refractivity contribution in [3.05, 3.63) is 0 Å². The zero-order chi connectivity index (χ0) is 12.7. The Morgan fingerprint density at radius 1 is 1.47 bits per heavy atom. The summed E-state index contributed by atoms with van der Waals surface area (Å²) < 4.78 is 5.34. The number of carbonyl (C=O) groups excluding carboxylic acids is 1. The first-order valence-corrected chi connectivity index (χ1v) is 6.94. The summed E-state index contributed by atoms with van der Waals surface area (Å²) in [7, 11) is 0. The van der Waals surface area contributed by atoms with Crippen molar-refractivity contribution in [1.82, 2.24) is 4.90 Å². The smallest absolute Gasteiger partial charge is 0.313 e. The van der Waals surface area contributed by atoms with Gasteiger partial charge in [0.2, 0.25) is 5.91 Å². The lowest BCUT2D eigenvalue weighted by atomic mass is 10.1. The molecule has 1 aliphatic rings. The molecule has 0 aliphatic carbocycles. The number of likely N-dealkylation sites (tertiary alicyclic amines) is 1. The number of ether oxygens (including phenoxy) is 1.